The zero-order valence-electron chi connectivity index (χ0n) is 10.9. The number of hydrogen-bond acceptors (Lipinski definition) is 3. The second-order valence-corrected chi connectivity index (χ2v) is 4.98. The van der Waals surface area contributed by atoms with E-state index in [0.717, 1.165) is 11.1 Å². The average molecular weight is 299 g/mol. The number of aromatic nitrogens is 2. The molecule has 0 aliphatic heterocycles. The molecule has 5 heteroatoms. The monoisotopic (exact) mass is 298 g/mol. The number of phenols is 1. The van der Waals surface area contributed by atoms with Crippen LogP contribution in [0.5, 0.6) is 5.75 Å². The topological polar surface area (TPSA) is 66.0 Å². The first-order valence-corrected chi connectivity index (χ1v) is 6.66. The number of H-pyrrole nitrogens is 1. The summed E-state index contributed by atoms with van der Waals surface area (Å²) < 4.78 is 0. The number of halogens is 1. The highest BCUT2D eigenvalue weighted by Crippen LogP contribution is 2.24. The Morgan fingerprint density at radius 3 is 2.24 bits per heavy atom. The van der Waals surface area contributed by atoms with Gasteiger partial charge in [-0.15, -0.1) is 0 Å². The van der Waals surface area contributed by atoms with Crippen molar-refractivity contribution < 1.29 is 5.11 Å². The average Bonchev–Trinajstić information content (AvgIpc) is 2.48. The molecule has 0 bridgehead atoms. The smallest absolute Gasteiger partial charge is 0.345 e. The predicted octanol–water partition coefficient (Wildman–Crippen LogP) is 3.46. The summed E-state index contributed by atoms with van der Waals surface area (Å²) in [5, 5.41) is 9.95. The van der Waals surface area contributed by atoms with Crippen LogP contribution >= 0.6 is 11.6 Å². The number of phenolic OH excluding ortho intramolecular Hbond substituents is 1. The molecule has 104 valence electrons. The van der Waals surface area contributed by atoms with E-state index < -0.39 is 5.69 Å². The van der Waals surface area contributed by atoms with Crippen molar-refractivity contribution in [3.63, 3.8) is 0 Å². The van der Waals surface area contributed by atoms with Crippen LogP contribution in [0.2, 0.25) is 5.02 Å². The van der Waals surface area contributed by atoms with Crippen molar-refractivity contribution in [2.45, 2.75) is 0 Å². The summed E-state index contributed by atoms with van der Waals surface area (Å²) in [6.45, 7) is 0. The van der Waals surface area contributed by atoms with Gasteiger partial charge in [0.25, 0.3) is 0 Å². The maximum Gasteiger partial charge on any atom is 0.345 e. The van der Waals surface area contributed by atoms with Gasteiger partial charge in [-0.25, -0.2) is 4.79 Å². The van der Waals surface area contributed by atoms with E-state index in [1.54, 1.807) is 42.5 Å². The standard InChI is InChI=1S/C16H11ClN2O2/c17-12-5-1-10(2-6-12)14-9-15(19-16(21)18-14)11-3-7-13(20)8-4-11/h1-9,20H,(H,18,19,21). The summed E-state index contributed by atoms with van der Waals surface area (Å²) in [5.74, 6) is 0.168. The van der Waals surface area contributed by atoms with Crippen LogP contribution in [0, 0.1) is 0 Å². The van der Waals surface area contributed by atoms with Crippen molar-refractivity contribution in [2.75, 3.05) is 0 Å². The van der Waals surface area contributed by atoms with Crippen LogP contribution in [0.1, 0.15) is 0 Å². The molecular weight excluding hydrogens is 288 g/mol. The summed E-state index contributed by atoms with van der Waals surface area (Å²) in [4.78, 5) is 18.4. The number of aromatic hydroxyl groups is 1. The van der Waals surface area contributed by atoms with Crippen LogP contribution in [-0.4, -0.2) is 15.1 Å². The van der Waals surface area contributed by atoms with Crippen molar-refractivity contribution >= 4 is 11.6 Å². The van der Waals surface area contributed by atoms with Crippen LogP contribution in [0.15, 0.2) is 59.4 Å². The predicted molar refractivity (Wildman–Crippen MR) is 82.4 cm³/mol. The first-order valence-electron chi connectivity index (χ1n) is 6.28. The van der Waals surface area contributed by atoms with Crippen LogP contribution in [0.4, 0.5) is 0 Å². The van der Waals surface area contributed by atoms with Gasteiger partial charge in [0.15, 0.2) is 0 Å². The van der Waals surface area contributed by atoms with E-state index in [1.807, 2.05) is 12.1 Å². The minimum absolute atomic E-state index is 0.168. The summed E-state index contributed by atoms with van der Waals surface area (Å²) in [6, 6.07) is 15.5. The Morgan fingerprint density at radius 2 is 1.57 bits per heavy atom. The zero-order valence-corrected chi connectivity index (χ0v) is 11.6. The summed E-state index contributed by atoms with van der Waals surface area (Å²) >= 11 is 5.86. The lowest BCUT2D eigenvalue weighted by molar-refractivity contribution is 0.475. The minimum Gasteiger partial charge on any atom is -0.508 e. The lowest BCUT2D eigenvalue weighted by atomic mass is 10.1. The van der Waals surface area contributed by atoms with Gasteiger partial charge in [-0.1, -0.05) is 23.7 Å². The van der Waals surface area contributed by atoms with E-state index in [0.29, 0.717) is 16.4 Å². The molecular formula is C16H11ClN2O2. The first-order chi connectivity index (χ1) is 10.1. The van der Waals surface area contributed by atoms with Crippen LogP contribution in [0.3, 0.4) is 0 Å². The van der Waals surface area contributed by atoms with Crippen molar-refractivity contribution in [2.24, 2.45) is 0 Å². The number of aromatic amines is 1. The highest BCUT2D eigenvalue weighted by molar-refractivity contribution is 6.30. The third kappa shape index (κ3) is 2.95. The molecule has 3 aromatic rings. The number of rotatable bonds is 2. The molecule has 0 aliphatic rings. The molecule has 2 N–H and O–H groups in total. The highest BCUT2D eigenvalue weighted by Gasteiger charge is 2.06. The van der Waals surface area contributed by atoms with E-state index in [2.05, 4.69) is 9.97 Å². The van der Waals surface area contributed by atoms with Gasteiger partial charge in [0.1, 0.15) is 5.75 Å². The fourth-order valence-corrected chi connectivity index (χ4v) is 2.15. The molecule has 21 heavy (non-hydrogen) atoms. The Balaban J connectivity index is 2.10. The maximum atomic E-state index is 11.7. The van der Waals surface area contributed by atoms with Crippen LogP contribution in [-0.2, 0) is 0 Å². The highest BCUT2D eigenvalue weighted by atomic mass is 35.5. The normalized spacial score (nSPS) is 10.5. The molecule has 2 aromatic carbocycles. The molecule has 1 heterocycles. The number of nitrogens with one attached hydrogen (secondary N) is 1. The third-order valence-electron chi connectivity index (χ3n) is 3.06. The van der Waals surface area contributed by atoms with Gasteiger partial charge in [0.2, 0.25) is 0 Å². The fraction of sp³-hybridized carbons (Fsp3) is 0. The molecule has 0 aliphatic carbocycles. The zero-order chi connectivity index (χ0) is 14.8. The Hall–Kier alpha value is -2.59. The summed E-state index contributed by atoms with van der Waals surface area (Å²) in [7, 11) is 0. The van der Waals surface area contributed by atoms with E-state index in [4.69, 9.17) is 11.6 Å². The van der Waals surface area contributed by atoms with E-state index in [-0.39, 0.29) is 5.75 Å². The Kier molecular flexibility index (Phi) is 3.46. The number of nitrogens with zero attached hydrogens (tertiary/aromatic N) is 1. The summed E-state index contributed by atoms with van der Waals surface area (Å²) in [5.41, 5.74) is 2.39. The third-order valence-corrected chi connectivity index (χ3v) is 3.31. The first kappa shape index (κ1) is 13.4. The molecule has 3 rings (SSSR count). The largest absolute Gasteiger partial charge is 0.508 e. The van der Waals surface area contributed by atoms with Gasteiger partial charge in [-0.2, -0.15) is 4.98 Å². The van der Waals surface area contributed by atoms with Crippen molar-refractivity contribution in [1.29, 1.82) is 0 Å². The second kappa shape index (κ2) is 5.42. The SMILES string of the molecule is O=c1nc(-c2ccc(O)cc2)cc(-c2ccc(Cl)cc2)[nH]1. The van der Waals surface area contributed by atoms with Crippen LogP contribution < -0.4 is 5.69 Å². The second-order valence-electron chi connectivity index (χ2n) is 4.54. The lowest BCUT2D eigenvalue weighted by Crippen LogP contribution is -2.11. The molecule has 0 atom stereocenters. The molecule has 0 spiro atoms. The molecule has 1 aromatic heterocycles. The quantitative estimate of drug-likeness (QED) is 0.761. The van der Waals surface area contributed by atoms with E-state index in [1.165, 1.54) is 0 Å². The van der Waals surface area contributed by atoms with Gasteiger partial charge in [0.05, 0.1) is 11.4 Å². The van der Waals surface area contributed by atoms with Gasteiger partial charge < -0.3 is 10.1 Å². The van der Waals surface area contributed by atoms with Gasteiger partial charge in [-0.3, -0.25) is 0 Å². The molecule has 0 radical (unpaired) electrons. The lowest BCUT2D eigenvalue weighted by Gasteiger charge is -2.05. The fourth-order valence-electron chi connectivity index (χ4n) is 2.02. The molecule has 0 unspecified atom stereocenters. The van der Waals surface area contributed by atoms with Gasteiger partial charge in [0, 0.05) is 10.6 Å². The Labute approximate surface area is 125 Å². The van der Waals surface area contributed by atoms with Gasteiger partial charge in [-0.05, 0) is 48.0 Å². The summed E-state index contributed by atoms with van der Waals surface area (Å²) in [6.07, 6.45) is 0. The molecule has 0 saturated heterocycles. The molecule has 4 nitrogen and oxygen atoms in total. The Bertz CT molecular complexity index is 757. The van der Waals surface area contributed by atoms with Crippen molar-refractivity contribution in [3.05, 3.63) is 70.1 Å². The van der Waals surface area contributed by atoms with Crippen molar-refractivity contribution in [3.8, 4) is 28.3 Å². The molecule has 0 saturated carbocycles. The molecule has 0 amide bonds. The van der Waals surface area contributed by atoms with Crippen LogP contribution in [0.25, 0.3) is 22.5 Å². The number of hydrogen-bond donors (Lipinski definition) is 2. The van der Waals surface area contributed by atoms with E-state index >= 15 is 0 Å². The molecule has 0 fully saturated rings. The maximum absolute atomic E-state index is 11.7. The van der Waals surface area contributed by atoms with E-state index in [9.17, 15) is 9.90 Å². The number of benzene rings is 2. The van der Waals surface area contributed by atoms with Gasteiger partial charge >= 0.3 is 5.69 Å². The van der Waals surface area contributed by atoms with Crippen molar-refractivity contribution in [1.82, 2.24) is 9.97 Å². The minimum atomic E-state index is -0.425. The Morgan fingerprint density at radius 1 is 0.952 bits per heavy atom.